The molecule has 4 nitrogen and oxygen atoms in total. The van der Waals surface area contributed by atoms with Gasteiger partial charge >= 0.3 is 5.97 Å². The van der Waals surface area contributed by atoms with Gasteiger partial charge in [-0.15, -0.1) is 0 Å². The molecule has 0 spiro atoms. The fourth-order valence-corrected chi connectivity index (χ4v) is 2.79. The van der Waals surface area contributed by atoms with Crippen LogP contribution in [0, 0.1) is 0 Å². The van der Waals surface area contributed by atoms with Crippen LogP contribution < -0.4 is 0 Å². The van der Waals surface area contributed by atoms with Crippen molar-refractivity contribution in [2.45, 2.75) is 19.4 Å². The summed E-state index contributed by atoms with van der Waals surface area (Å²) in [6, 6.07) is 20.2. The summed E-state index contributed by atoms with van der Waals surface area (Å²) in [5.41, 5.74) is 2.12. The van der Waals surface area contributed by atoms with Crippen LogP contribution in [-0.2, 0) is 17.8 Å². The number of furan rings is 1. The molecule has 0 fully saturated rings. The standard InChI is InChI=1S/C20H21NO3/c22-20(23)11-13-21(12-10-16-6-2-1-3-7-16)15-18-14-17-8-4-5-9-19(17)24-18/h1-9,14H,10-13,15H2,(H,22,23). The zero-order valence-corrected chi connectivity index (χ0v) is 13.5. The molecule has 0 saturated carbocycles. The van der Waals surface area contributed by atoms with Crippen molar-refractivity contribution >= 4 is 16.9 Å². The zero-order valence-electron chi connectivity index (χ0n) is 13.5. The van der Waals surface area contributed by atoms with Crippen LogP contribution in [0.1, 0.15) is 17.7 Å². The van der Waals surface area contributed by atoms with Gasteiger partial charge in [0.1, 0.15) is 11.3 Å². The molecule has 0 saturated heterocycles. The topological polar surface area (TPSA) is 53.7 Å². The van der Waals surface area contributed by atoms with Crippen LogP contribution in [-0.4, -0.2) is 29.1 Å². The largest absolute Gasteiger partial charge is 0.481 e. The second kappa shape index (κ2) is 7.79. The maximum absolute atomic E-state index is 10.9. The van der Waals surface area contributed by atoms with Gasteiger partial charge in [0.2, 0.25) is 0 Å². The van der Waals surface area contributed by atoms with E-state index in [9.17, 15) is 4.79 Å². The quantitative estimate of drug-likeness (QED) is 0.682. The summed E-state index contributed by atoms with van der Waals surface area (Å²) in [7, 11) is 0. The van der Waals surface area contributed by atoms with E-state index in [0.717, 1.165) is 29.7 Å². The molecule has 2 aromatic carbocycles. The Bertz CT molecular complexity index is 762. The maximum Gasteiger partial charge on any atom is 0.304 e. The fourth-order valence-electron chi connectivity index (χ4n) is 2.79. The van der Waals surface area contributed by atoms with Crippen LogP contribution in [0.2, 0.25) is 0 Å². The summed E-state index contributed by atoms with van der Waals surface area (Å²) >= 11 is 0. The Balaban J connectivity index is 1.67. The van der Waals surface area contributed by atoms with E-state index in [4.69, 9.17) is 9.52 Å². The van der Waals surface area contributed by atoms with E-state index in [1.165, 1.54) is 5.56 Å². The van der Waals surface area contributed by atoms with Crippen LogP contribution in [0.3, 0.4) is 0 Å². The van der Waals surface area contributed by atoms with Crippen LogP contribution in [0.15, 0.2) is 65.1 Å². The van der Waals surface area contributed by atoms with Gasteiger partial charge in [0.25, 0.3) is 0 Å². The summed E-state index contributed by atoms with van der Waals surface area (Å²) in [6.45, 7) is 1.93. The zero-order chi connectivity index (χ0) is 16.8. The maximum atomic E-state index is 10.9. The second-order valence-electron chi connectivity index (χ2n) is 5.91. The highest BCUT2D eigenvalue weighted by Crippen LogP contribution is 2.20. The molecule has 0 atom stereocenters. The summed E-state index contributed by atoms with van der Waals surface area (Å²) < 4.78 is 5.87. The number of carboxylic acids is 1. The highest BCUT2D eigenvalue weighted by atomic mass is 16.4. The molecule has 0 unspecified atom stereocenters. The number of nitrogens with zero attached hydrogens (tertiary/aromatic N) is 1. The molecule has 0 aliphatic heterocycles. The number of hydrogen-bond acceptors (Lipinski definition) is 3. The summed E-state index contributed by atoms with van der Waals surface area (Å²) in [4.78, 5) is 13.1. The Morgan fingerprint density at radius 3 is 2.50 bits per heavy atom. The third kappa shape index (κ3) is 4.46. The number of aliphatic carboxylic acids is 1. The van der Waals surface area contributed by atoms with E-state index in [0.29, 0.717) is 13.1 Å². The SMILES string of the molecule is O=C(O)CCN(CCc1ccccc1)Cc1cc2ccccc2o1. The Morgan fingerprint density at radius 2 is 1.75 bits per heavy atom. The molecule has 0 amide bonds. The molecular formula is C20H21NO3. The lowest BCUT2D eigenvalue weighted by Crippen LogP contribution is -2.28. The summed E-state index contributed by atoms with van der Waals surface area (Å²) in [6.07, 6.45) is 1.02. The first-order chi connectivity index (χ1) is 11.7. The van der Waals surface area contributed by atoms with Gasteiger partial charge in [0.05, 0.1) is 13.0 Å². The minimum absolute atomic E-state index is 0.134. The molecule has 0 aliphatic rings. The molecule has 24 heavy (non-hydrogen) atoms. The predicted molar refractivity (Wildman–Crippen MR) is 93.9 cm³/mol. The van der Waals surface area contributed by atoms with Gasteiger partial charge in [-0.05, 0) is 24.1 Å². The number of benzene rings is 2. The number of fused-ring (bicyclic) bond motifs is 1. The first kappa shape index (κ1) is 16.3. The Morgan fingerprint density at radius 1 is 1.00 bits per heavy atom. The lowest BCUT2D eigenvalue weighted by molar-refractivity contribution is -0.137. The monoisotopic (exact) mass is 323 g/mol. The van der Waals surface area contributed by atoms with Gasteiger partial charge < -0.3 is 9.52 Å². The number of carboxylic acid groups (broad SMARTS) is 1. The van der Waals surface area contributed by atoms with Gasteiger partial charge in [-0.2, -0.15) is 0 Å². The Kier molecular flexibility index (Phi) is 5.29. The highest BCUT2D eigenvalue weighted by molar-refractivity contribution is 5.77. The lowest BCUT2D eigenvalue weighted by atomic mass is 10.1. The molecule has 124 valence electrons. The number of rotatable bonds is 8. The molecular weight excluding hydrogens is 302 g/mol. The van der Waals surface area contributed by atoms with Gasteiger partial charge in [-0.25, -0.2) is 0 Å². The minimum Gasteiger partial charge on any atom is -0.481 e. The lowest BCUT2D eigenvalue weighted by Gasteiger charge is -2.20. The van der Waals surface area contributed by atoms with Gasteiger partial charge in [0.15, 0.2) is 0 Å². The number of carbonyl (C=O) groups is 1. The third-order valence-corrected chi connectivity index (χ3v) is 4.06. The van der Waals surface area contributed by atoms with E-state index in [1.807, 2.05) is 48.5 Å². The van der Waals surface area contributed by atoms with E-state index in [1.54, 1.807) is 0 Å². The first-order valence-electron chi connectivity index (χ1n) is 8.16. The smallest absolute Gasteiger partial charge is 0.304 e. The van der Waals surface area contributed by atoms with Gasteiger partial charge in [-0.3, -0.25) is 9.69 Å². The van der Waals surface area contributed by atoms with Crippen molar-refractivity contribution in [3.63, 3.8) is 0 Å². The predicted octanol–water partition coefficient (Wildman–Crippen LogP) is 3.95. The highest BCUT2D eigenvalue weighted by Gasteiger charge is 2.12. The van der Waals surface area contributed by atoms with Crippen LogP contribution in [0.4, 0.5) is 0 Å². The van der Waals surface area contributed by atoms with Crippen LogP contribution in [0.25, 0.3) is 11.0 Å². The molecule has 0 bridgehead atoms. The van der Waals surface area contributed by atoms with Crippen molar-refractivity contribution in [1.29, 1.82) is 0 Å². The molecule has 0 radical (unpaired) electrons. The third-order valence-electron chi connectivity index (χ3n) is 4.06. The minimum atomic E-state index is -0.774. The molecule has 1 N–H and O–H groups in total. The molecule has 3 rings (SSSR count). The van der Waals surface area contributed by atoms with Crippen molar-refractivity contribution in [2.24, 2.45) is 0 Å². The molecule has 4 heteroatoms. The van der Waals surface area contributed by atoms with Crippen molar-refractivity contribution < 1.29 is 14.3 Å². The van der Waals surface area contributed by atoms with Crippen molar-refractivity contribution in [2.75, 3.05) is 13.1 Å². The average Bonchev–Trinajstić information content (AvgIpc) is 3.00. The van der Waals surface area contributed by atoms with E-state index in [2.05, 4.69) is 17.0 Å². The Hall–Kier alpha value is -2.59. The van der Waals surface area contributed by atoms with E-state index < -0.39 is 5.97 Å². The molecule has 0 aliphatic carbocycles. The van der Waals surface area contributed by atoms with Crippen molar-refractivity contribution in [3.8, 4) is 0 Å². The fraction of sp³-hybridized carbons (Fsp3) is 0.250. The van der Waals surface area contributed by atoms with Gasteiger partial charge in [-0.1, -0.05) is 48.5 Å². The van der Waals surface area contributed by atoms with Gasteiger partial charge in [0, 0.05) is 18.5 Å². The molecule has 3 aromatic rings. The van der Waals surface area contributed by atoms with E-state index >= 15 is 0 Å². The van der Waals surface area contributed by atoms with Crippen molar-refractivity contribution in [1.82, 2.24) is 4.90 Å². The number of hydrogen-bond donors (Lipinski definition) is 1. The first-order valence-corrected chi connectivity index (χ1v) is 8.16. The van der Waals surface area contributed by atoms with E-state index in [-0.39, 0.29) is 6.42 Å². The number of para-hydroxylation sites is 1. The normalized spacial score (nSPS) is 11.2. The summed E-state index contributed by atoms with van der Waals surface area (Å²) in [5, 5.41) is 10.1. The molecule has 1 aromatic heterocycles. The average molecular weight is 323 g/mol. The van der Waals surface area contributed by atoms with Crippen LogP contribution in [0.5, 0.6) is 0 Å². The Labute approximate surface area is 141 Å². The second-order valence-corrected chi connectivity index (χ2v) is 5.91. The van der Waals surface area contributed by atoms with Crippen molar-refractivity contribution in [3.05, 3.63) is 72.0 Å². The van der Waals surface area contributed by atoms with Crippen LogP contribution >= 0.6 is 0 Å². The summed E-state index contributed by atoms with van der Waals surface area (Å²) in [5.74, 6) is 0.0963. The molecule has 1 heterocycles.